The van der Waals surface area contributed by atoms with E-state index >= 15 is 0 Å². The van der Waals surface area contributed by atoms with Crippen LogP contribution in [0.3, 0.4) is 0 Å². The van der Waals surface area contributed by atoms with Crippen LogP contribution in [0.1, 0.15) is 77.6 Å². The summed E-state index contributed by atoms with van der Waals surface area (Å²) < 4.78 is 0. The molecule has 0 aromatic carbocycles. The van der Waals surface area contributed by atoms with Gasteiger partial charge in [0.2, 0.25) is 0 Å². The van der Waals surface area contributed by atoms with Crippen LogP contribution in [0.5, 0.6) is 0 Å². The van der Waals surface area contributed by atoms with Gasteiger partial charge in [0, 0.05) is 5.88 Å². The summed E-state index contributed by atoms with van der Waals surface area (Å²) in [4.78, 5) is 0. The smallest absolute Gasteiger partial charge is 0.0226 e. The van der Waals surface area contributed by atoms with E-state index in [9.17, 15) is 0 Å². The number of hydrogen-bond donors (Lipinski definition) is 0. The highest BCUT2D eigenvalue weighted by molar-refractivity contribution is 6.17. The molecule has 0 aromatic rings. The van der Waals surface area contributed by atoms with Crippen LogP contribution < -0.4 is 0 Å². The standard InChI is InChI=1S/C14H28Cl/c1-2-3-4-5-6-7-8-9-10-11-12-13-14-15/h12H,2-11,13-14H2,1H3. The zero-order valence-electron chi connectivity index (χ0n) is 10.4. The first-order chi connectivity index (χ1) is 7.41. The van der Waals surface area contributed by atoms with Crippen LogP contribution in [0.4, 0.5) is 0 Å². The Morgan fingerprint density at radius 3 is 1.80 bits per heavy atom. The first kappa shape index (κ1) is 15.3. The molecule has 0 fully saturated rings. The molecular weight excluding hydrogens is 204 g/mol. The molecular formula is C14H28Cl. The van der Waals surface area contributed by atoms with Crippen molar-refractivity contribution < 1.29 is 0 Å². The third-order valence-corrected chi connectivity index (χ3v) is 3.04. The highest BCUT2D eigenvalue weighted by Crippen LogP contribution is 2.11. The fourth-order valence-corrected chi connectivity index (χ4v) is 1.98. The van der Waals surface area contributed by atoms with Gasteiger partial charge in [-0.3, -0.25) is 0 Å². The minimum atomic E-state index is 0.789. The molecule has 0 rings (SSSR count). The number of halogens is 1. The monoisotopic (exact) mass is 231 g/mol. The van der Waals surface area contributed by atoms with Gasteiger partial charge in [-0.2, -0.15) is 0 Å². The fourth-order valence-electron chi connectivity index (χ4n) is 1.82. The maximum atomic E-state index is 5.59. The molecule has 0 saturated heterocycles. The van der Waals surface area contributed by atoms with Crippen molar-refractivity contribution in [3.8, 4) is 0 Å². The highest BCUT2D eigenvalue weighted by Gasteiger charge is 1.92. The van der Waals surface area contributed by atoms with Gasteiger partial charge in [-0.25, -0.2) is 0 Å². The molecule has 1 heteroatoms. The van der Waals surface area contributed by atoms with E-state index < -0.39 is 0 Å². The first-order valence-corrected chi connectivity index (χ1v) is 7.33. The zero-order chi connectivity index (χ0) is 11.2. The second kappa shape index (κ2) is 14.3. The average Bonchev–Trinajstić information content (AvgIpc) is 2.26. The molecule has 91 valence electrons. The van der Waals surface area contributed by atoms with Gasteiger partial charge in [0.05, 0.1) is 0 Å². The minimum Gasteiger partial charge on any atom is -0.127 e. The lowest BCUT2D eigenvalue weighted by atomic mass is 10.1. The molecule has 0 heterocycles. The first-order valence-electron chi connectivity index (χ1n) is 6.79. The molecule has 0 aliphatic heterocycles. The second-order valence-corrected chi connectivity index (χ2v) is 4.76. The van der Waals surface area contributed by atoms with E-state index in [1.54, 1.807) is 0 Å². The van der Waals surface area contributed by atoms with Crippen molar-refractivity contribution in [3.63, 3.8) is 0 Å². The van der Waals surface area contributed by atoms with E-state index in [1.807, 2.05) is 0 Å². The summed E-state index contributed by atoms with van der Waals surface area (Å²) in [6.45, 7) is 2.28. The minimum absolute atomic E-state index is 0.789. The Morgan fingerprint density at radius 2 is 1.27 bits per heavy atom. The predicted octanol–water partition coefficient (Wildman–Crippen LogP) is 5.74. The van der Waals surface area contributed by atoms with Crippen LogP contribution in [-0.2, 0) is 0 Å². The van der Waals surface area contributed by atoms with E-state index in [1.165, 1.54) is 64.2 Å². The molecule has 0 bridgehead atoms. The molecule has 0 aliphatic rings. The van der Waals surface area contributed by atoms with E-state index in [2.05, 4.69) is 13.3 Å². The summed E-state index contributed by atoms with van der Waals surface area (Å²) >= 11 is 5.59. The van der Waals surface area contributed by atoms with Gasteiger partial charge in [-0.05, 0) is 12.8 Å². The summed E-state index contributed by atoms with van der Waals surface area (Å²) in [5, 5.41) is 0. The Kier molecular flexibility index (Phi) is 14.6. The van der Waals surface area contributed by atoms with Crippen LogP contribution in [0.2, 0.25) is 0 Å². The van der Waals surface area contributed by atoms with E-state index in [0.717, 1.165) is 12.3 Å². The predicted molar refractivity (Wildman–Crippen MR) is 71.5 cm³/mol. The lowest BCUT2D eigenvalue weighted by Crippen LogP contribution is -1.83. The van der Waals surface area contributed by atoms with Crippen LogP contribution in [0.25, 0.3) is 0 Å². The van der Waals surface area contributed by atoms with Gasteiger partial charge >= 0.3 is 0 Å². The molecule has 0 nitrogen and oxygen atoms in total. The number of hydrogen-bond acceptors (Lipinski definition) is 0. The normalized spacial score (nSPS) is 10.8. The van der Waals surface area contributed by atoms with Crippen molar-refractivity contribution in [2.75, 3.05) is 5.88 Å². The van der Waals surface area contributed by atoms with Gasteiger partial charge in [-0.1, -0.05) is 71.1 Å². The quantitative estimate of drug-likeness (QED) is 0.297. The van der Waals surface area contributed by atoms with Gasteiger partial charge < -0.3 is 0 Å². The Labute approximate surface area is 102 Å². The van der Waals surface area contributed by atoms with Gasteiger partial charge in [0.1, 0.15) is 0 Å². The van der Waals surface area contributed by atoms with Crippen LogP contribution in [-0.4, -0.2) is 5.88 Å². The fraction of sp³-hybridized carbons (Fsp3) is 0.929. The van der Waals surface area contributed by atoms with Crippen molar-refractivity contribution in [2.45, 2.75) is 77.6 Å². The molecule has 15 heavy (non-hydrogen) atoms. The lowest BCUT2D eigenvalue weighted by Gasteiger charge is -2.01. The average molecular weight is 232 g/mol. The topological polar surface area (TPSA) is 0 Å². The van der Waals surface area contributed by atoms with Gasteiger partial charge in [-0.15, -0.1) is 11.6 Å². The summed E-state index contributed by atoms with van der Waals surface area (Å²) in [5.74, 6) is 0.789. The molecule has 0 unspecified atom stereocenters. The molecule has 1 radical (unpaired) electrons. The van der Waals surface area contributed by atoms with Crippen molar-refractivity contribution in [2.24, 2.45) is 0 Å². The molecule has 0 saturated carbocycles. The second-order valence-electron chi connectivity index (χ2n) is 4.38. The maximum absolute atomic E-state index is 5.59. The zero-order valence-corrected chi connectivity index (χ0v) is 11.2. The lowest BCUT2D eigenvalue weighted by molar-refractivity contribution is 0.562. The van der Waals surface area contributed by atoms with Crippen molar-refractivity contribution in [1.82, 2.24) is 0 Å². The highest BCUT2D eigenvalue weighted by atomic mass is 35.5. The Hall–Kier alpha value is 0.290. The summed E-state index contributed by atoms with van der Waals surface area (Å²) in [7, 11) is 0. The number of alkyl halides is 1. The number of rotatable bonds is 12. The Balaban J connectivity index is 2.81. The Bertz CT molecular complexity index is 89.5. The van der Waals surface area contributed by atoms with Crippen LogP contribution >= 0.6 is 11.6 Å². The molecule has 0 N–H and O–H groups in total. The van der Waals surface area contributed by atoms with Gasteiger partial charge in [0.25, 0.3) is 0 Å². The van der Waals surface area contributed by atoms with E-state index in [0.29, 0.717) is 0 Å². The molecule has 0 aromatic heterocycles. The van der Waals surface area contributed by atoms with Crippen molar-refractivity contribution >= 4 is 11.6 Å². The molecule has 0 aliphatic carbocycles. The maximum Gasteiger partial charge on any atom is 0.0226 e. The van der Waals surface area contributed by atoms with E-state index in [4.69, 9.17) is 11.6 Å². The summed E-state index contributed by atoms with van der Waals surface area (Å²) in [5.41, 5.74) is 0. The van der Waals surface area contributed by atoms with E-state index in [-0.39, 0.29) is 0 Å². The van der Waals surface area contributed by atoms with Crippen LogP contribution in [0.15, 0.2) is 0 Å². The Morgan fingerprint density at radius 1 is 0.733 bits per heavy atom. The van der Waals surface area contributed by atoms with Gasteiger partial charge in [0.15, 0.2) is 0 Å². The van der Waals surface area contributed by atoms with Crippen molar-refractivity contribution in [3.05, 3.63) is 6.42 Å². The number of unbranched alkanes of at least 4 members (excludes halogenated alkanes) is 11. The van der Waals surface area contributed by atoms with Crippen LogP contribution in [0, 0.1) is 6.42 Å². The SMILES string of the molecule is CCCCCCCCCCC[CH]CCCl. The third-order valence-electron chi connectivity index (χ3n) is 2.83. The summed E-state index contributed by atoms with van der Waals surface area (Å²) in [6, 6.07) is 0. The summed E-state index contributed by atoms with van der Waals surface area (Å²) in [6.07, 6.45) is 17.5. The largest absolute Gasteiger partial charge is 0.127 e. The molecule has 0 spiro atoms. The van der Waals surface area contributed by atoms with Crippen molar-refractivity contribution in [1.29, 1.82) is 0 Å². The molecule has 0 atom stereocenters. The molecule has 0 amide bonds. The third kappa shape index (κ3) is 14.3.